The smallest absolute Gasteiger partial charge is 0.153 e. The largest absolute Gasteiger partial charge is 0.313 e. The topological polar surface area (TPSA) is 42.7 Å². The standard InChI is InChI=1S/C15H22N4/c1-4-8-16-10-13-11-18-19(15(13)12(2)3)14-7-5-6-9-17-14/h5-7,9,11-12,16H,4,8,10H2,1-3H3. The Balaban J connectivity index is 2.30. The molecule has 19 heavy (non-hydrogen) atoms. The summed E-state index contributed by atoms with van der Waals surface area (Å²) in [7, 11) is 0. The zero-order valence-corrected chi connectivity index (χ0v) is 11.9. The van der Waals surface area contributed by atoms with Gasteiger partial charge in [0.15, 0.2) is 5.82 Å². The number of hydrogen-bond donors (Lipinski definition) is 1. The summed E-state index contributed by atoms with van der Waals surface area (Å²) in [6.07, 6.45) is 4.90. The van der Waals surface area contributed by atoms with Crippen LogP contribution in [0.3, 0.4) is 0 Å². The zero-order chi connectivity index (χ0) is 13.7. The minimum atomic E-state index is 0.419. The number of nitrogens with one attached hydrogen (secondary N) is 1. The van der Waals surface area contributed by atoms with Gasteiger partial charge in [-0.1, -0.05) is 26.8 Å². The summed E-state index contributed by atoms with van der Waals surface area (Å²) < 4.78 is 1.95. The number of pyridine rings is 1. The first-order chi connectivity index (χ1) is 9.24. The van der Waals surface area contributed by atoms with Gasteiger partial charge in [0.25, 0.3) is 0 Å². The number of rotatable bonds is 6. The van der Waals surface area contributed by atoms with Crippen LogP contribution in [-0.2, 0) is 6.54 Å². The lowest BCUT2D eigenvalue weighted by Gasteiger charge is -2.12. The van der Waals surface area contributed by atoms with Crippen molar-refractivity contribution in [3.05, 3.63) is 41.9 Å². The van der Waals surface area contributed by atoms with Gasteiger partial charge in [-0.15, -0.1) is 0 Å². The Morgan fingerprint density at radius 2 is 2.16 bits per heavy atom. The lowest BCUT2D eigenvalue weighted by atomic mass is 10.1. The van der Waals surface area contributed by atoms with E-state index in [-0.39, 0.29) is 0 Å². The van der Waals surface area contributed by atoms with Gasteiger partial charge in [0.1, 0.15) is 0 Å². The Labute approximate surface area is 114 Å². The van der Waals surface area contributed by atoms with Crippen LogP contribution >= 0.6 is 0 Å². The molecule has 0 saturated heterocycles. The summed E-state index contributed by atoms with van der Waals surface area (Å²) in [6.45, 7) is 8.47. The number of nitrogens with zero attached hydrogens (tertiary/aromatic N) is 3. The van der Waals surface area contributed by atoms with E-state index < -0.39 is 0 Å². The van der Waals surface area contributed by atoms with E-state index >= 15 is 0 Å². The second-order valence-electron chi connectivity index (χ2n) is 4.99. The molecule has 0 aromatic carbocycles. The van der Waals surface area contributed by atoms with Gasteiger partial charge in [-0.05, 0) is 31.0 Å². The molecular weight excluding hydrogens is 236 g/mol. The van der Waals surface area contributed by atoms with Crippen molar-refractivity contribution >= 4 is 0 Å². The predicted molar refractivity (Wildman–Crippen MR) is 77.4 cm³/mol. The fourth-order valence-corrected chi connectivity index (χ4v) is 2.20. The van der Waals surface area contributed by atoms with Crippen LogP contribution in [0.4, 0.5) is 0 Å². The van der Waals surface area contributed by atoms with Gasteiger partial charge in [-0.25, -0.2) is 9.67 Å². The fraction of sp³-hybridized carbons (Fsp3) is 0.467. The molecule has 102 valence electrons. The Kier molecular flexibility index (Phi) is 4.68. The highest BCUT2D eigenvalue weighted by Gasteiger charge is 2.15. The molecule has 0 aliphatic heterocycles. The van der Waals surface area contributed by atoms with E-state index in [9.17, 15) is 0 Å². The van der Waals surface area contributed by atoms with Crippen molar-refractivity contribution < 1.29 is 0 Å². The minimum absolute atomic E-state index is 0.419. The summed E-state index contributed by atoms with van der Waals surface area (Å²) in [5.41, 5.74) is 2.50. The van der Waals surface area contributed by atoms with Gasteiger partial charge in [0, 0.05) is 18.3 Å². The van der Waals surface area contributed by atoms with E-state index in [0.29, 0.717) is 5.92 Å². The normalized spacial score (nSPS) is 11.2. The summed E-state index contributed by atoms with van der Waals surface area (Å²) in [5.74, 6) is 1.30. The van der Waals surface area contributed by atoms with Crippen LogP contribution in [0.1, 0.15) is 44.4 Å². The summed E-state index contributed by atoms with van der Waals surface area (Å²) in [4.78, 5) is 4.38. The van der Waals surface area contributed by atoms with Crippen LogP contribution in [0.15, 0.2) is 30.6 Å². The van der Waals surface area contributed by atoms with E-state index in [1.165, 1.54) is 11.3 Å². The summed E-state index contributed by atoms with van der Waals surface area (Å²) in [5, 5.41) is 7.94. The van der Waals surface area contributed by atoms with Gasteiger partial charge >= 0.3 is 0 Å². The molecule has 2 heterocycles. The van der Waals surface area contributed by atoms with Crippen LogP contribution in [0, 0.1) is 0 Å². The Hall–Kier alpha value is -1.68. The minimum Gasteiger partial charge on any atom is -0.313 e. The summed E-state index contributed by atoms with van der Waals surface area (Å²) in [6, 6.07) is 5.90. The molecule has 1 N–H and O–H groups in total. The molecule has 0 bridgehead atoms. The van der Waals surface area contributed by atoms with E-state index in [1.807, 2.05) is 29.1 Å². The van der Waals surface area contributed by atoms with Crippen molar-refractivity contribution in [1.82, 2.24) is 20.1 Å². The van der Waals surface area contributed by atoms with Crippen molar-refractivity contribution in [1.29, 1.82) is 0 Å². The molecule has 0 unspecified atom stereocenters. The Bertz CT molecular complexity index is 502. The molecule has 0 saturated carbocycles. The van der Waals surface area contributed by atoms with Crippen molar-refractivity contribution in [3.8, 4) is 5.82 Å². The first-order valence-electron chi connectivity index (χ1n) is 6.93. The van der Waals surface area contributed by atoms with Crippen LogP contribution < -0.4 is 5.32 Å². The molecule has 0 fully saturated rings. The average molecular weight is 258 g/mol. The molecule has 0 aliphatic rings. The van der Waals surface area contributed by atoms with Crippen LogP contribution in [0.25, 0.3) is 5.82 Å². The van der Waals surface area contributed by atoms with E-state index in [4.69, 9.17) is 0 Å². The van der Waals surface area contributed by atoms with Crippen LogP contribution in [0.5, 0.6) is 0 Å². The number of aromatic nitrogens is 3. The van der Waals surface area contributed by atoms with Crippen molar-refractivity contribution in [2.75, 3.05) is 6.54 Å². The molecule has 2 aromatic heterocycles. The highest BCUT2D eigenvalue weighted by molar-refractivity contribution is 5.30. The predicted octanol–water partition coefficient (Wildman–Crippen LogP) is 2.89. The molecule has 4 heteroatoms. The highest BCUT2D eigenvalue weighted by Crippen LogP contribution is 2.21. The summed E-state index contributed by atoms with van der Waals surface area (Å²) >= 11 is 0. The first-order valence-corrected chi connectivity index (χ1v) is 6.93. The molecule has 0 spiro atoms. The third-order valence-electron chi connectivity index (χ3n) is 3.04. The van der Waals surface area contributed by atoms with E-state index in [0.717, 1.165) is 25.3 Å². The SMILES string of the molecule is CCCNCc1cnn(-c2ccccn2)c1C(C)C. The van der Waals surface area contributed by atoms with Crippen molar-refractivity contribution in [2.24, 2.45) is 0 Å². The molecule has 0 aliphatic carbocycles. The first kappa shape index (κ1) is 13.7. The lowest BCUT2D eigenvalue weighted by molar-refractivity contribution is 0.656. The molecule has 0 amide bonds. The quantitative estimate of drug-likeness (QED) is 0.810. The zero-order valence-electron chi connectivity index (χ0n) is 11.9. The third kappa shape index (κ3) is 3.20. The maximum absolute atomic E-state index is 4.50. The highest BCUT2D eigenvalue weighted by atomic mass is 15.3. The monoisotopic (exact) mass is 258 g/mol. The lowest BCUT2D eigenvalue weighted by Crippen LogP contribution is -2.15. The number of hydrogen-bond acceptors (Lipinski definition) is 3. The Morgan fingerprint density at radius 3 is 2.79 bits per heavy atom. The molecule has 2 rings (SSSR count). The van der Waals surface area contributed by atoms with Crippen molar-refractivity contribution in [2.45, 2.75) is 39.7 Å². The maximum Gasteiger partial charge on any atom is 0.153 e. The fourth-order valence-electron chi connectivity index (χ4n) is 2.20. The van der Waals surface area contributed by atoms with E-state index in [1.54, 1.807) is 6.20 Å². The van der Waals surface area contributed by atoms with Gasteiger partial charge in [0.05, 0.1) is 11.9 Å². The molecule has 0 atom stereocenters. The molecule has 4 nitrogen and oxygen atoms in total. The van der Waals surface area contributed by atoms with Crippen LogP contribution in [-0.4, -0.2) is 21.3 Å². The van der Waals surface area contributed by atoms with Crippen LogP contribution in [0.2, 0.25) is 0 Å². The van der Waals surface area contributed by atoms with Gasteiger partial charge < -0.3 is 5.32 Å². The second-order valence-corrected chi connectivity index (χ2v) is 4.99. The Morgan fingerprint density at radius 1 is 1.32 bits per heavy atom. The second kappa shape index (κ2) is 6.48. The average Bonchev–Trinajstić information content (AvgIpc) is 2.84. The van der Waals surface area contributed by atoms with E-state index in [2.05, 4.69) is 36.2 Å². The van der Waals surface area contributed by atoms with Gasteiger partial charge in [-0.2, -0.15) is 5.10 Å². The van der Waals surface area contributed by atoms with Gasteiger partial charge in [-0.3, -0.25) is 0 Å². The molecular formula is C15H22N4. The maximum atomic E-state index is 4.50. The van der Waals surface area contributed by atoms with Gasteiger partial charge in [0.2, 0.25) is 0 Å². The molecule has 2 aromatic rings. The third-order valence-corrected chi connectivity index (χ3v) is 3.04. The van der Waals surface area contributed by atoms with Crippen molar-refractivity contribution in [3.63, 3.8) is 0 Å². The molecule has 0 radical (unpaired) electrons.